The summed E-state index contributed by atoms with van der Waals surface area (Å²) < 4.78 is 5.73. The van der Waals surface area contributed by atoms with Gasteiger partial charge in [-0.1, -0.05) is 40.9 Å². The van der Waals surface area contributed by atoms with Gasteiger partial charge < -0.3 is 15.2 Å². The molecule has 0 radical (unpaired) electrons. The smallest absolute Gasteiger partial charge is 0.221 e. The van der Waals surface area contributed by atoms with Crippen molar-refractivity contribution in [2.45, 2.75) is 19.6 Å². The van der Waals surface area contributed by atoms with Crippen molar-refractivity contribution < 1.29 is 14.6 Å². The number of rotatable bonds is 8. The summed E-state index contributed by atoms with van der Waals surface area (Å²) >= 11 is 18.1. The number of nitrogens with one attached hydrogen (secondary N) is 1. The van der Waals surface area contributed by atoms with Crippen LogP contribution in [0.25, 0.3) is 0 Å². The summed E-state index contributed by atoms with van der Waals surface area (Å²) in [4.78, 5) is 15.9. The normalized spacial score (nSPS) is 16.2. The van der Waals surface area contributed by atoms with Crippen LogP contribution in [0.3, 0.4) is 0 Å². The molecule has 168 valence electrons. The first-order valence-electron chi connectivity index (χ1n) is 10.1. The molecule has 1 aliphatic heterocycles. The highest BCUT2D eigenvalue weighted by atomic mass is 35.5. The highest BCUT2D eigenvalue weighted by Gasteiger charge is 2.20. The number of amides is 1. The van der Waals surface area contributed by atoms with Gasteiger partial charge >= 0.3 is 0 Å². The number of carbonyl (C=O) groups is 1. The molecular weight excluding hydrogens is 461 g/mol. The molecule has 1 unspecified atom stereocenters. The second kappa shape index (κ2) is 11.4. The third kappa shape index (κ3) is 7.52. The Hall–Kier alpha value is -1.54. The Kier molecular flexibility index (Phi) is 8.84. The number of nitrogens with zero attached hydrogens (tertiary/aromatic N) is 2. The monoisotopic (exact) mass is 485 g/mol. The summed E-state index contributed by atoms with van der Waals surface area (Å²) in [6.07, 6.45) is -0.650. The standard InChI is InChI=1S/C22H26Cl3N3O3/c1-15(29)26-21-11-17(23)3-5-22(21)31-14-18(30)13-28-8-6-27(7-9-28)12-16-2-4-19(24)20(25)10-16/h2-5,10-11,18,30H,6-9,12-14H2,1H3,(H,26,29). The fourth-order valence-electron chi connectivity index (χ4n) is 3.48. The molecule has 1 aliphatic rings. The molecule has 0 aromatic heterocycles. The average Bonchev–Trinajstić information content (AvgIpc) is 2.71. The molecule has 2 aromatic carbocycles. The zero-order valence-electron chi connectivity index (χ0n) is 17.3. The SMILES string of the molecule is CC(=O)Nc1cc(Cl)ccc1OCC(O)CN1CCN(Cc2ccc(Cl)c(Cl)c2)CC1. The van der Waals surface area contributed by atoms with E-state index in [2.05, 4.69) is 15.1 Å². The van der Waals surface area contributed by atoms with Crippen LogP contribution >= 0.6 is 34.8 Å². The van der Waals surface area contributed by atoms with Gasteiger partial charge in [0.25, 0.3) is 0 Å². The van der Waals surface area contributed by atoms with Crippen LogP contribution in [0.15, 0.2) is 36.4 Å². The predicted molar refractivity (Wildman–Crippen MR) is 125 cm³/mol. The van der Waals surface area contributed by atoms with Crippen molar-refractivity contribution in [1.82, 2.24) is 9.80 Å². The number of β-amino-alcohol motifs (C(OH)–C–C–N with tert-alkyl or cyclic N) is 1. The number of benzene rings is 2. The molecule has 0 aliphatic carbocycles. The molecule has 0 spiro atoms. The molecule has 1 saturated heterocycles. The number of hydrogen-bond donors (Lipinski definition) is 2. The fourth-order valence-corrected chi connectivity index (χ4v) is 3.97. The van der Waals surface area contributed by atoms with Gasteiger partial charge in [0.1, 0.15) is 18.5 Å². The van der Waals surface area contributed by atoms with Crippen LogP contribution in [0, 0.1) is 0 Å². The van der Waals surface area contributed by atoms with Crippen LogP contribution in [0.1, 0.15) is 12.5 Å². The molecule has 1 amide bonds. The Labute approximate surface area is 197 Å². The minimum absolute atomic E-state index is 0.123. The summed E-state index contributed by atoms with van der Waals surface area (Å²) in [5.41, 5.74) is 1.62. The Morgan fingerprint density at radius 2 is 1.77 bits per heavy atom. The minimum Gasteiger partial charge on any atom is -0.489 e. The lowest BCUT2D eigenvalue weighted by atomic mass is 10.2. The van der Waals surface area contributed by atoms with Crippen LogP contribution in [-0.2, 0) is 11.3 Å². The van der Waals surface area contributed by atoms with Crippen molar-refractivity contribution in [2.75, 3.05) is 44.6 Å². The van der Waals surface area contributed by atoms with Crippen molar-refractivity contribution in [3.63, 3.8) is 0 Å². The summed E-state index contributed by atoms with van der Waals surface area (Å²) in [6, 6.07) is 10.7. The highest BCUT2D eigenvalue weighted by molar-refractivity contribution is 6.42. The first kappa shape index (κ1) is 24.1. The quantitative estimate of drug-likeness (QED) is 0.586. The maximum absolute atomic E-state index is 11.4. The zero-order valence-corrected chi connectivity index (χ0v) is 19.6. The van der Waals surface area contributed by atoms with Crippen molar-refractivity contribution in [1.29, 1.82) is 0 Å². The first-order valence-corrected chi connectivity index (χ1v) is 11.2. The van der Waals surface area contributed by atoms with E-state index in [1.54, 1.807) is 18.2 Å². The van der Waals surface area contributed by atoms with Crippen LogP contribution in [0.5, 0.6) is 5.75 Å². The van der Waals surface area contributed by atoms with Gasteiger partial charge in [-0.25, -0.2) is 0 Å². The first-order chi connectivity index (χ1) is 14.8. The van der Waals surface area contributed by atoms with Crippen LogP contribution in [0.4, 0.5) is 5.69 Å². The van der Waals surface area contributed by atoms with Gasteiger partial charge in [-0.05, 0) is 35.9 Å². The molecule has 1 atom stereocenters. The lowest BCUT2D eigenvalue weighted by molar-refractivity contribution is -0.114. The van der Waals surface area contributed by atoms with Crippen molar-refractivity contribution in [2.24, 2.45) is 0 Å². The predicted octanol–water partition coefficient (Wildman–Crippen LogP) is 4.16. The molecule has 9 heteroatoms. The molecule has 2 aromatic rings. The molecule has 2 N–H and O–H groups in total. The average molecular weight is 487 g/mol. The van der Waals surface area contributed by atoms with Gasteiger partial charge in [-0.15, -0.1) is 0 Å². The number of anilines is 1. The molecule has 31 heavy (non-hydrogen) atoms. The van der Waals surface area contributed by atoms with E-state index in [1.807, 2.05) is 18.2 Å². The van der Waals surface area contributed by atoms with E-state index in [1.165, 1.54) is 6.92 Å². The summed E-state index contributed by atoms with van der Waals surface area (Å²) in [5.74, 6) is 0.261. The lowest BCUT2D eigenvalue weighted by Crippen LogP contribution is -2.48. The van der Waals surface area contributed by atoms with Gasteiger partial charge in [-0.2, -0.15) is 0 Å². The molecule has 0 saturated carbocycles. The Bertz CT molecular complexity index is 905. The molecular formula is C22H26Cl3N3O3. The number of aliphatic hydroxyl groups excluding tert-OH is 1. The number of piperazine rings is 1. The molecule has 1 fully saturated rings. The molecule has 1 heterocycles. The number of hydrogen-bond acceptors (Lipinski definition) is 5. The van der Waals surface area contributed by atoms with Gasteiger partial charge in [0.2, 0.25) is 5.91 Å². The Balaban J connectivity index is 1.43. The van der Waals surface area contributed by atoms with E-state index < -0.39 is 6.10 Å². The Morgan fingerprint density at radius 1 is 1.06 bits per heavy atom. The van der Waals surface area contributed by atoms with Crippen molar-refractivity contribution >= 4 is 46.4 Å². The van der Waals surface area contributed by atoms with Gasteiger partial charge in [0.15, 0.2) is 0 Å². The van der Waals surface area contributed by atoms with E-state index in [0.717, 1.165) is 38.3 Å². The van der Waals surface area contributed by atoms with Crippen LogP contribution < -0.4 is 10.1 Å². The summed E-state index contributed by atoms with van der Waals surface area (Å²) in [7, 11) is 0. The third-order valence-corrected chi connectivity index (χ3v) is 5.98. The summed E-state index contributed by atoms with van der Waals surface area (Å²) in [6.45, 7) is 6.39. The fraction of sp³-hybridized carbons (Fsp3) is 0.409. The topological polar surface area (TPSA) is 65.0 Å². The second-order valence-electron chi connectivity index (χ2n) is 7.61. The minimum atomic E-state index is -0.650. The maximum Gasteiger partial charge on any atom is 0.221 e. The second-order valence-corrected chi connectivity index (χ2v) is 8.86. The van der Waals surface area contributed by atoms with E-state index in [4.69, 9.17) is 39.5 Å². The van der Waals surface area contributed by atoms with Crippen molar-refractivity contribution in [3.05, 3.63) is 57.0 Å². The van der Waals surface area contributed by atoms with E-state index >= 15 is 0 Å². The maximum atomic E-state index is 11.4. The molecule has 3 rings (SSSR count). The zero-order chi connectivity index (χ0) is 22.4. The van der Waals surface area contributed by atoms with E-state index in [0.29, 0.717) is 33.0 Å². The number of ether oxygens (including phenoxy) is 1. The number of halogens is 3. The van der Waals surface area contributed by atoms with Crippen molar-refractivity contribution in [3.8, 4) is 5.75 Å². The molecule has 6 nitrogen and oxygen atoms in total. The van der Waals surface area contributed by atoms with Crippen LogP contribution in [0.2, 0.25) is 15.1 Å². The summed E-state index contributed by atoms with van der Waals surface area (Å²) in [5, 5.41) is 14.7. The largest absolute Gasteiger partial charge is 0.489 e. The van der Waals surface area contributed by atoms with Gasteiger partial charge in [-0.3, -0.25) is 14.6 Å². The number of aliphatic hydroxyl groups is 1. The highest BCUT2D eigenvalue weighted by Crippen LogP contribution is 2.28. The molecule has 0 bridgehead atoms. The third-order valence-electron chi connectivity index (χ3n) is 5.01. The van der Waals surface area contributed by atoms with Gasteiger partial charge in [0, 0.05) is 51.2 Å². The van der Waals surface area contributed by atoms with Gasteiger partial charge in [0.05, 0.1) is 15.7 Å². The van der Waals surface area contributed by atoms with E-state index in [9.17, 15) is 9.90 Å². The van der Waals surface area contributed by atoms with E-state index in [-0.39, 0.29) is 12.5 Å². The number of carbonyl (C=O) groups excluding carboxylic acids is 1. The van der Waals surface area contributed by atoms with Crippen LogP contribution in [-0.4, -0.2) is 66.2 Å². The lowest BCUT2D eigenvalue weighted by Gasteiger charge is -2.35. The Morgan fingerprint density at radius 3 is 2.45 bits per heavy atom.